The van der Waals surface area contributed by atoms with Gasteiger partial charge in [0.15, 0.2) is 0 Å². The lowest BCUT2D eigenvalue weighted by atomic mass is 10.1. The smallest absolute Gasteiger partial charge is 0.306 e. The summed E-state index contributed by atoms with van der Waals surface area (Å²) in [6, 6.07) is 18.1. The predicted octanol–water partition coefficient (Wildman–Crippen LogP) is 3.57. The average molecular weight is 454 g/mol. The Morgan fingerprint density at radius 2 is 1.82 bits per heavy atom. The van der Waals surface area contributed by atoms with E-state index >= 15 is 0 Å². The number of benzene rings is 2. The molecule has 4 rings (SSSR count). The standard InChI is InChI=1S/C25H18N4O5/c26-14-19-12-18(4-5-22(19)30)24(31)28-29-25(32)23-21(8-11-33-23)17-2-1-3-20(13-17)34-15-16-6-9-27-10-7-16/h1-13,30H,15H2,(H,28,31)(H,29,32). The first-order valence-corrected chi connectivity index (χ1v) is 10.1. The van der Waals surface area contributed by atoms with Crippen molar-refractivity contribution < 1.29 is 23.8 Å². The van der Waals surface area contributed by atoms with Crippen LogP contribution in [-0.2, 0) is 6.61 Å². The van der Waals surface area contributed by atoms with Gasteiger partial charge in [-0.05, 0) is 59.7 Å². The molecule has 0 atom stereocenters. The van der Waals surface area contributed by atoms with Gasteiger partial charge in [0.25, 0.3) is 5.91 Å². The topological polar surface area (TPSA) is 137 Å². The largest absolute Gasteiger partial charge is 0.507 e. The molecule has 2 aromatic heterocycles. The van der Waals surface area contributed by atoms with E-state index in [9.17, 15) is 14.7 Å². The van der Waals surface area contributed by atoms with Gasteiger partial charge in [0.1, 0.15) is 24.2 Å². The summed E-state index contributed by atoms with van der Waals surface area (Å²) in [5.41, 5.74) is 6.76. The Labute approximate surface area is 194 Å². The van der Waals surface area contributed by atoms with Crippen LogP contribution in [0.3, 0.4) is 0 Å². The molecule has 168 valence electrons. The summed E-state index contributed by atoms with van der Waals surface area (Å²) >= 11 is 0. The van der Waals surface area contributed by atoms with Gasteiger partial charge in [0.05, 0.1) is 11.8 Å². The number of nitrogens with one attached hydrogen (secondary N) is 2. The van der Waals surface area contributed by atoms with Gasteiger partial charge in [-0.15, -0.1) is 0 Å². The monoisotopic (exact) mass is 454 g/mol. The fourth-order valence-corrected chi connectivity index (χ4v) is 3.12. The highest BCUT2D eigenvalue weighted by molar-refractivity contribution is 6.01. The molecule has 0 spiro atoms. The normalized spacial score (nSPS) is 10.2. The highest BCUT2D eigenvalue weighted by Crippen LogP contribution is 2.28. The maximum Gasteiger partial charge on any atom is 0.306 e. The molecule has 2 aromatic carbocycles. The number of ether oxygens (including phenoxy) is 1. The van der Waals surface area contributed by atoms with Crippen molar-refractivity contribution in [3.63, 3.8) is 0 Å². The van der Waals surface area contributed by atoms with Gasteiger partial charge in [0.2, 0.25) is 5.76 Å². The third-order valence-corrected chi connectivity index (χ3v) is 4.84. The summed E-state index contributed by atoms with van der Waals surface area (Å²) < 4.78 is 11.2. The quantitative estimate of drug-likeness (QED) is 0.379. The van der Waals surface area contributed by atoms with Crippen LogP contribution < -0.4 is 15.6 Å². The molecule has 0 aliphatic carbocycles. The number of nitriles is 1. The number of pyridine rings is 1. The first kappa shape index (κ1) is 22.1. The van der Waals surface area contributed by atoms with Gasteiger partial charge in [-0.1, -0.05) is 12.1 Å². The summed E-state index contributed by atoms with van der Waals surface area (Å²) in [4.78, 5) is 29.0. The molecule has 9 nitrogen and oxygen atoms in total. The Morgan fingerprint density at radius 1 is 1.03 bits per heavy atom. The number of phenols is 1. The number of aromatic nitrogens is 1. The molecule has 0 bridgehead atoms. The summed E-state index contributed by atoms with van der Waals surface area (Å²) in [6.07, 6.45) is 4.75. The van der Waals surface area contributed by atoms with Crippen molar-refractivity contribution in [2.24, 2.45) is 0 Å². The van der Waals surface area contributed by atoms with Crippen LogP contribution in [-0.4, -0.2) is 21.9 Å². The van der Waals surface area contributed by atoms with Crippen LogP contribution in [0.1, 0.15) is 32.0 Å². The minimum absolute atomic E-state index is 0.00463. The van der Waals surface area contributed by atoms with Gasteiger partial charge < -0.3 is 14.3 Å². The van der Waals surface area contributed by atoms with E-state index in [1.54, 1.807) is 48.8 Å². The zero-order valence-electron chi connectivity index (χ0n) is 17.7. The summed E-state index contributed by atoms with van der Waals surface area (Å²) in [7, 11) is 0. The predicted molar refractivity (Wildman–Crippen MR) is 120 cm³/mol. The number of hydrogen-bond acceptors (Lipinski definition) is 7. The number of hydrazine groups is 1. The van der Waals surface area contributed by atoms with Gasteiger partial charge in [-0.2, -0.15) is 5.26 Å². The van der Waals surface area contributed by atoms with E-state index < -0.39 is 11.8 Å². The molecule has 0 aliphatic heterocycles. The number of aromatic hydroxyl groups is 1. The van der Waals surface area contributed by atoms with Crippen LogP contribution in [0.25, 0.3) is 11.1 Å². The molecule has 0 unspecified atom stereocenters. The van der Waals surface area contributed by atoms with E-state index in [1.807, 2.05) is 12.1 Å². The van der Waals surface area contributed by atoms with E-state index in [-0.39, 0.29) is 22.6 Å². The number of hydrogen-bond donors (Lipinski definition) is 3. The van der Waals surface area contributed by atoms with Gasteiger partial charge >= 0.3 is 5.91 Å². The summed E-state index contributed by atoms with van der Waals surface area (Å²) in [5.74, 6) is -0.971. The highest BCUT2D eigenvalue weighted by atomic mass is 16.5. The molecule has 0 radical (unpaired) electrons. The molecule has 3 N–H and O–H groups in total. The molecule has 2 heterocycles. The van der Waals surface area contributed by atoms with Crippen molar-refractivity contribution in [3.8, 4) is 28.7 Å². The van der Waals surface area contributed by atoms with Crippen molar-refractivity contribution in [2.45, 2.75) is 6.61 Å². The van der Waals surface area contributed by atoms with Crippen LogP contribution in [0, 0.1) is 11.3 Å². The minimum atomic E-state index is -0.671. The van der Waals surface area contributed by atoms with E-state index in [4.69, 9.17) is 14.4 Å². The molecule has 0 saturated carbocycles. The van der Waals surface area contributed by atoms with Crippen LogP contribution in [0.15, 0.2) is 83.7 Å². The Kier molecular flexibility index (Phi) is 6.51. The lowest BCUT2D eigenvalue weighted by Gasteiger charge is -2.10. The Morgan fingerprint density at radius 3 is 2.62 bits per heavy atom. The fraction of sp³-hybridized carbons (Fsp3) is 0.0400. The molecule has 4 aromatic rings. The maximum atomic E-state index is 12.7. The number of amides is 2. The second-order valence-corrected chi connectivity index (χ2v) is 7.09. The van der Waals surface area contributed by atoms with Crippen molar-refractivity contribution in [2.75, 3.05) is 0 Å². The SMILES string of the molecule is N#Cc1cc(C(=O)NNC(=O)c2occc2-c2cccc(OCc3ccncc3)c2)ccc1O. The van der Waals surface area contributed by atoms with Crippen molar-refractivity contribution in [1.82, 2.24) is 15.8 Å². The Hall–Kier alpha value is -5.10. The first-order valence-electron chi connectivity index (χ1n) is 10.1. The molecule has 0 saturated heterocycles. The third kappa shape index (κ3) is 5.03. The van der Waals surface area contributed by atoms with Crippen molar-refractivity contribution in [3.05, 3.63) is 102 Å². The van der Waals surface area contributed by atoms with E-state index in [1.165, 1.54) is 24.5 Å². The van der Waals surface area contributed by atoms with Crippen LogP contribution in [0.4, 0.5) is 0 Å². The molecule has 0 fully saturated rings. The van der Waals surface area contributed by atoms with Gasteiger partial charge in [-0.3, -0.25) is 25.4 Å². The second kappa shape index (κ2) is 10.0. The minimum Gasteiger partial charge on any atom is -0.507 e. The molecule has 0 aliphatic rings. The zero-order valence-corrected chi connectivity index (χ0v) is 17.7. The molecule has 9 heteroatoms. The number of phenolic OH excluding ortho intramolecular Hbond substituents is 1. The van der Waals surface area contributed by atoms with Crippen LogP contribution in [0.2, 0.25) is 0 Å². The summed E-state index contributed by atoms with van der Waals surface area (Å²) in [6.45, 7) is 0.363. The summed E-state index contributed by atoms with van der Waals surface area (Å²) in [5, 5.41) is 18.5. The number of carbonyl (C=O) groups excluding carboxylic acids is 2. The van der Waals surface area contributed by atoms with Gasteiger partial charge in [-0.25, -0.2) is 0 Å². The van der Waals surface area contributed by atoms with Crippen LogP contribution >= 0.6 is 0 Å². The number of furan rings is 1. The Balaban J connectivity index is 1.43. The molecular formula is C25H18N4O5. The maximum absolute atomic E-state index is 12.7. The fourth-order valence-electron chi connectivity index (χ4n) is 3.12. The molecular weight excluding hydrogens is 436 g/mol. The van der Waals surface area contributed by atoms with Crippen molar-refractivity contribution in [1.29, 1.82) is 5.26 Å². The van der Waals surface area contributed by atoms with E-state index in [2.05, 4.69) is 15.8 Å². The van der Waals surface area contributed by atoms with Crippen molar-refractivity contribution >= 4 is 11.8 Å². The number of nitrogens with zero attached hydrogens (tertiary/aromatic N) is 2. The Bertz CT molecular complexity index is 1380. The van der Waals surface area contributed by atoms with E-state index in [0.29, 0.717) is 23.5 Å². The zero-order chi connectivity index (χ0) is 23.9. The lowest BCUT2D eigenvalue weighted by molar-refractivity contribution is 0.0831. The first-order chi connectivity index (χ1) is 16.5. The highest BCUT2D eigenvalue weighted by Gasteiger charge is 2.18. The number of carbonyl (C=O) groups is 2. The molecule has 34 heavy (non-hydrogen) atoms. The lowest BCUT2D eigenvalue weighted by Crippen LogP contribution is -2.41. The average Bonchev–Trinajstić information content (AvgIpc) is 3.37. The van der Waals surface area contributed by atoms with E-state index in [0.717, 1.165) is 5.56 Å². The molecule has 2 amide bonds. The van der Waals surface area contributed by atoms with Gasteiger partial charge in [0, 0.05) is 23.5 Å². The third-order valence-electron chi connectivity index (χ3n) is 4.84. The second-order valence-electron chi connectivity index (χ2n) is 7.09. The van der Waals surface area contributed by atoms with Crippen LogP contribution in [0.5, 0.6) is 11.5 Å². The number of rotatable bonds is 6.